The minimum Gasteiger partial charge on any atom is -0.360 e. The van der Waals surface area contributed by atoms with Crippen molar-refractivity contribution in [1.82, 2.24) is 10.5 Å². The summed E-state index contributed by atoms with van der Waals surface area (Å²) < 4.78 is 5.04. The zero-order chi connectivity index (χ0) is 11.5. The lowest BCUT2D eigenvalue weighted by atomic mass is 10.1. The molecule has 3 rings (SSSR count). The molecule has 0 spiro atoms. The number of benzene rings is 1. The summed E-state index contributed by atoms with van der Waals surface area (Å²) in [6.45, 7) is 1.76. The monoisotopic (exact) mass is 246 g/mol. The molecular formula is C13H14N2OS. The fourth-order valence-corrected chi connectivity index (χ4v) is 3.34. The van der Waals surface area contributed by atoms with E-state index >= 15 is 0 Å². The van der Waals surface area contributed by atoms with Crippen LogP contribution in [-0.2, 0) is 13.0 Å². The van der Waals surface area contributed by atoms with Gasteiger partial charge >= 0.3 is 0 Å². The summed E-state index contributed by atoms with van der Waals surface area (Å²) in [5.41, 5.74) is 1.48. The minimum absolute atomic E-state index is 0.635. The second-order valence-corrected chi connectivity index (χ2v) is 5.50. The van der Waals surface area contributed by atoms with E-state index in [0.29, 0.717) is 5.25 Å². The van der Waals surface area contributed by atoms with Crippen molar-refractivity contribution in [2.24, 2.45) is 0 Å². The second-order valence-electron chi connectivity index (χ2n) is 4.16. The van der Waals surface area contributed by atoms with Crippen molar-refractivity contribution in [3.8, 4) is 0 Å². The summed E-state index contributed by atoms with van der Waals surface area (Å²) in [7, 11) is 0. The number of thioether (sulfide) groups is 1. The molecule has 1 aromatic carbocycles. The molecule has 2 heterocycles. The molecule has 1 aliphatic rings. The van der Waals surface area contributed by atoms with E-state index < -0.39 is 0 Å². The smallest absolute Gasteiger partial charge is 0.150 e. The zero-order valence-electron chi connectivity index (χ0n) is 9.43. The normalized spacial score (nSPS) is 18.2. The molecule has 0 radical (unpaired) electrons. The van der Waals surface area contributed by atoms with Crippen LogP contribution in [0.3, 0.4) is 0 Å². The number of nitrogens with zero attached hydrogens (tertiary/aromatic N) is 1. The van der Waals surface area contributed by atoms with Gasteiger partial charge in [0.15, 0.2) is 0 Å². The van der Waals surface area contributed by atoms with E-state index in [4.69, 9.17) is 4.52 Å². The van der Waals surface area contributed by atoms with Crippen LogP contribution in [-0.4, -0.2) is 17.0 Å². The van der Waals surface area contributed by atoms with Crippen LogP contribution in [0, 0.1) is 0 Å². The first kappa shape index (κ1) is 10.9. The van der Waals surface area contributed by atoms with Gasteiger partial charge in [-0.25, -0.2) is 0 Å². The minimum atomic E-state index is 0.635. The Labute approximate surface area is 105 Å². The summed E-state index contributed by atoms with van der Waals surface area (Å²) in [6, 6.07) is 10.5. The molecule has 1 aromatic heterocycles. The molecule has 4 heteroatoms. The van der Waals surface area contributed by atoms with Gasteiger partial charge in [-0.2, -0.15) is 0 Å². The van der Waals surface area contributed by atoms with Gasteiger partial charge in [0.2, 0.25) is 0 Å². The maximum Gasteiger partial charge on any atom is 0.150 e. The summed E-state index contributed by atoms with van der Waals surface area (Å²) in [5.74, 6) is 0.894. The third kappa shape index (κ3) is 2.53. The van der Waals surface area contributed by atoms with Crippen molar-refractivity contribution in [3.63, 3.8) is 0 Å². The van der Waals surface area contributed by atoms with Crippen LogP contribution in [0.25, 0.3) is 0 Å². The molecule has 0 bridgehead atoms. The zero-order valence-corrected chi connectivity index (χ0v) is 10.2. The standard InChI is InChI=1S/C13H14N2OS/c1-2-4-13-10(3-1)7-12(17-13)9-14-8-11-5-6-15-16-11/h1-6,12,14H,7-9H2. The van der Waals surface area contributed by atoms with E-state index in [1.165, 1.54) is 10.5 Å². The average Bonchev–Trinajstić information content (AvgIpc) is 2.96. The number of aromatic nitrogens is 1. The first-order chi connectivity index (χ1) is 8.42. The van der Waals surface area contributed by atoms with Crippen LogP contribution in [0.5, 0.6) is 0 Å². The number of rotatable bonds is 4. The van der Waals surface area contributed by atoms with Crippen LogP contribution >= 0.6 is 11.8 Å². The average molecular weight is 246 g/mol. The third-order valence-corrected chi connectivity index (χ3v) is 4.20. The van der Waals surface area contributed by atoms with Crippen LogP contribution in [0.2, 0.25) is 0 Å². The Morgan fingerprint density at radius 1 is 1.35 bits per heavy atom. The predicted molar refractivity (Wildman–Crippen MR) is 68.0 cm³/mol. The molecule has 0 amide bonds. The quantitative estimate of drug-likeness (QED) is 0.899. The largest absolute Gasteiger partial charge is 0.360 e. The van der Waals surface area contributed by atoms with Crippen molar-refractivity contribution in [1.29, 1.82) is 0 Å². The third-order valence-electron chi connectivity index (χ3n) is 2.88. The van der Waals surface area contributed by atoms with Crippen molar-refractivity contribution in [3.05, 3.63) is 47.9 Å². The molecule has 1 N–H and O–H groups in total. The Kier molecular flexibility index (Phi) is 3.16. The maximum atomic E-state index is 5.04. The van der Waals surface area contributed by atoms with Crippen LogP contribution in [0.4, 0.5) is 0 Å². The maximum absolute atomic E-state index is 5.04. The number of nitrogens with one attached hydrogen (secondary N) is 1. The Morgan fingerprint density at radius 2 is 2.29 bits per heavy atom. The molecule has 0 saturated carbocycles. The van der Waals surface area contributed by atoms with Gasteiger partial charge in [-0.15, -0.1) is 11.8 Å². The van der Waals surface area contributed by atoms with Crippen molar-refractivity contribution in [2.75, 3.05) is 6.54 Å². The fourth-order valence-electron chi connectivity index (χ4n) is 2.06. The van der Waals surface area contributed by atoms with Crippen molar-refractivity contribution in [2.45, 2.75) is 23.1 Å². The van der Waals surface area contributed by atoms with Crippen molar-refractivity contribution < 1.29 is 4.52 Å². The van der Waals surface area contributed by atoms with Gasteiger partial charge in [-0.1, -0.05) is 23.4 Å². The Bertz CT molecular complexity index is 459. The predicted octanol–water partition coefficient (Wildman–Crippen LogP) is 2.48. The summed E-state index contributed by atoms with van der Waals surface area (Å²) in [5, 5.41) is 7.73. The molecule has 0 aliphatic carbocycles. The molecular weight excluding hydrogens is 232 g/mol. The van der Waals surface area contributed by atoms with Crippen LogP contribution in [0.1, 0.15) is 11.3 Å². The molecule has 17 heavy (non-hydrogen) atoms. The highest BCUT2D eigenvalue weighted by molar-refractivity contribution is 8.00. The Balaban J connectivity index is 1.49. The first-order valence-corrected chi connectivity index (χ1v) is 6.64. The van der Waals surface area contributed by atoms with Gasteiger partial charge in [0.25, 0.3) is 0 Å². The molecule has 2 aromatic rings. The molecule has 3 nitrogen and oxygen atoms in total. The Hall–Kier alpha value is -1.26. The molecule has 0 saturated heterocycles. The van der Waals surface area contributed by atoms with Gasteiger partial charge in [0, 0.05) is 22.8 Å². The highest BCUT2D eigenvalue weighted by Gasteiger charge is 2.21. The fraction of sp³-hybridized carbons (Fsp3) is 0.308. The summed E-state index contributed by atoms with van der Waals surface area (Å²) >= 11 is 1.96. The highest BCUT2D eigenvalue weighted by Crippen LogP contribution is 2.36. The number of fused-ring (bicyclic) bond motifs is 1. The Morgan fingerprint density at radius 3 is 3.12 bits per heavy atom. The molecule has 1 atom stereocenters. The van der Waals surface area contributed by atoms with Gasteiger partial charge in [-0.05, 0) is 18.1 Å². The van der Waals surface area contributed by atoms with Crippen LogP contribution < -0.4 is 5.32 Å². The second kappa shape index (κ2) is 4.94. The van der Waals surface area contributed by atoms with Gasteiger partial charge in [0.1, 0.15) is 5.76 Å². The van der Waals surface area contributed by atoms with E-state index in [-0.39, 0.29) is 0 Å². The molecule has 1 unspecified atom stereocenters. The highest BCUT2D eigenvalue weighted by atomic mass is 32.2. The molecule has 88 valence electrons. The summed E-state index contributed by atoms with van der Waals surface area (Å²) in [4.78, 5) is 1.43. The van der Waals surface area contributed by atoms with Crippen LogP contribution in [0.15, 0.2) is 45.9 Å². The van der Waals surface area contributed by atoms with Gasteiger partial charge < -0.3 is 9.84 Å². The lowest BCUT2D eigenvalue weighted by molar-refractivity contribution is 0.373. The first-order valence-electron chi connectivity index (χ1n) is 5.76. The topological polar surface area (TPSA) is 38.1 Å². The van der Waals surface area contributed by atoms with E-state index in [0.717, 1.165) is 25.3 Å². The number of hydrogen-bond acceptors (Lipinski definition) is 4. The lowest BCUT2D eigenvalue weighted by Gasteiger charge is -2.08. The molecule has 0 fully saturated rings. The van der Waals surface area contributed by atoms with E-state index in [1.54, 1.807) is 6.20 Å². The van der Waals surface area contributed by atoms with Crippen molar-refractivity contribution >= 4 is 11.8 Å². The summed E-state index contributed by atoms with van der Waals surface area (Å²) in [6.07, 6.45) is 2.83. The van der Waals surface area contributed by atoms with E-state index in [2.05, 4.69) is 34.7 Å². The lowest BCUT2D eigenvalue weighted by Crippen LogP contribution is -2.23. The number of hydrogen-bond donors (Lipinski definition) is 1. The van der Waals surface area contributed by atoms with Gasteiger partial charge in [-0.3, -0.25) is 0 Å². The van der Waals surface area contributed by atoms with E-state index in [9.17, 15) is 0 Å². The van der Waals surface area contributed by atoms with Gasteiger partial charge in [0.05, 0.1) is 12.7 Å². The van der Waals surface area contributed by atoms with E-state index in [1.807, 2.05) is 17.8 Å². The molecule has 1 aliphatic heterocycles. The SMILES string of the molecule is c1ccc2c(c1)CC(CNCc1ccno1)S2.